The number of rotatable bonds is 13. The summed E-state index contributed by atoms with van der Waals surface area (Å²) in [4.78, 5) is 50.2. The van der Waals surface area contributed by atoms with E-state index in [1.165, 1.54) is 35.0 Å². The highest BCUT2D eigenvalue weighted by atomic mass is 35.5. The van der Waals surface area contributed by atoms with Crippen molar-refractivity contribution in [1.29, 1.82) is 0 Å². The van der Waals surface area contributed by atoms with Crippen molar-refractivity contribution < 1.29 is 37.1 Å². The van der Waals surface area contributed by atoms with Gasteiger partial charge in [-0.15, -0.1) is 0 Å². The molecule has 0 spiro atoms. The van der Waals surface area contributed by atoms with Crippen LogP contribution in [0.5, 0.6) is 17.2 Å². The SMILES string of the molecule is CC1(C)CCC(CN2CCN(c3ccc(C(=O)NS(=O)(=O)c4cc5c(c([N+](=O)[O-])c4)C[C@@H](CNC(=O)C4CCOCC4)CO5)c(Oc4cnc5[nH]ccc5c4)c3)CC2)=C(c2ccc(Cl)cc2)C1. The standard InChI is InChI=1S/C49H54ClN7O9S/c1-49(2)13-9-35(42(26-49)32-3-5-36(50)6-4-32)29-55-15-17-56(18-16-55)37-7-8-40(45(23-37)66-38-22-34-10-14-51-46(34)52-28-38)48(59)54-67(62,63)39-24-43(57(60)61)41-21-31(30-65-44(41)25-39)27-53-47(58)33-11-19-64-20-12-33/h3-8,10,14,22-25,28,31,33H,9,11-13,15-21,26-27,29-30H2,1-2H3,(H,51,52)(H,53,58)(H,54,59)/t31-/m0/s1. The second-order valence-electron chi connectivity index (χ2n) is 18.7. The molecule has 9 rings (SSSR count). The maximum Gasteiger partial charge on any atom is 0.277 e. The Hall–Kier alpha value is -6.01. The minimum Gasteiger partial charge on any atom is -0.493 e. The first-order chi connectivity index (χ1) is 32.2. The highest BCUT2D eigenvalue weighted by Crippen LogP contribution is 2.44. The molecule has 0 saturated carbocycles. The predicted molar refractivity (Wildman–Crippen MR) is 254 cm³/mol. The van der Waals surface area contributed by atoms with Gasteiger partial charge in [0.25, 0.3) is 21.6 Å². The topological polar surface area (TPSA) is 198 Å². The van der Waals surface area contributed by atoms with Gasteiger partial charge in [-0.25, -0.2) is 18.1 Å². The summed E-state index contributed by atoms with van der Waals surface area (Å²) in [6.45, 7) is 9.91. The van der Waals surface area contributed by atoms with Gasteiger partial charge in [0.2, 0.25) is 5.91 Å². The summed E-state index contributed by atoms with van der Waals surface area (Å²) >= 11 is 6.25. The number of halogens is 1. The Kier molecular flexibility index (Phi) is 13.3. The number of fused-ring (bicyclic) bond motifs is 2. The van der Waals surface area contributed by atoms with E-state index in [1.807, 2.05) is 18.2 Å². The number of pyridine rings is 1. The number of ether oxygens (including phenoxy) is 3. The summed E-state index contributed by atoms with van der Waals surface area (Å²) in [6.07, 6.45) is 7.85. The Morgan fingerprint density at radius 2 is 1.81 bits per heavy atom. The minimum absolute atomic E-state index is 0.0246. The molecule has 2 amide bonds. The molecule has 3 aromatic carbocycles. The Labute approximate surface area is 394 Å². The van der Waals surface area contributed by atoms with Gasteiger partial charge in [0.1, 0.15) is 22.9 Å². The average Bonchev–Trinajstić information content (AvgIpc) is 3.79. The molecular weight excluding hydrogens is 898 g/mol. The van der Waals surface area contributed by atoms with E-state index in [2.05, 4.69) is 55.8 Å². The van der Waals surface area contributed by atoms with Crippen molar-refractivity contribution in [1.82, 2.24) is 24.9 Å². The van der Waals surface area contributed by atoms with Crippen LogP contribution in [0.2, 0.25) is 5.02 Å². The highest BCUT2D eigenvalue weighted by Gasteiger charge is 2.34. The zero-order chi connectivity index (χ0) is 46.9. The van der Waals surface area contributed by atoms with Gasteiger partial charge < -0.3 is 29.4 Å². The van der Waals surface area contributed by atoms with E-state index in [0.29, 0.717) is 50.5 Å². The fourth-order valence-corrected chi connectivity index (χ4v) is 10.6. The first-order valence-corrected chi connectivity index (χ1v) is 24.6. The third kappa shape index (κ3) is 10.6. The second kappa shape index (κ2) is 19.3. The van der Waals surface area contributed by atoms with Crippen LogP contribution in [0, 0.1) is 27.4 Å². The van der Waals surface area contributed by atoms with Gasteiger partial charge in [-0.3, -0.25) is 24.6 Å². The van der Waals surface area contributed by atoms with E-state index in [9.17, 15) is 28.1 Å². The molecule has 0 radical (unpaired) electrons. The molecule has 3 N–H and O–H groups in total. The lowest BCUT2D eigenvalue weighted by molar-refractivity contribution is -0.386. The summed E-state index contributed by atoms with van der Waals surface area (Å²) in [6, 6.07) is 18.9. The highest BCUT2D eigenvalue weighted by molar-refractivity contribution is 7.90. The number of nitro benzene ring substituents is 1. The maximum absolute atomic E-state index is 14.1. The molecule has 0 bridgehead atoms. The minimum atomic E-state index is -4.68. The van der Waals surface area contributed by atoms with Crippen LogP contribution >= 0.6 is 11.6 Å². The molecule has 18 heteroatoms. The van der Waals surface area contributed by atoms with Crippen molar-refractivity contribution in [3.8, 4) is 17.2 Å². The summed E-state index contributed by atoms with van der Waals surface area (Å²) in [5.41, 5.74) is 5.40. The van der Waals surface area contributed by atoms with E-state index in [4.69, 9.17) is 25.8 Å². The van der Waals surface area contributed by atoms with E-state index in [0.717, 1.165) is 61.1 Å². The number of hydrogen-bond acceptors (Lipinski definition) is 12. The van der Waals surface area contributed by atoms with Gasteiger partial charge in [0.05, 0.1) is 33.7 Å². The molecule has 16 nitrogen and oxygen atoms in total. The quantitative estimate of drug-likeness (QED) is 0.0763. The molecule has 2 fully saturated rings. The van der Waals surface area contributed by atoms with Crippen LogP contribution in [0.15, 0.2) is 89.6 Å². The molecule has 5 aromatic rings. The molecule has 67 heavy (non-hydrogen) atoms. The van der Waals surface area contributed by atoms with Gasteiger partial charge >= 0.3 is 0 Å². The molecule has 1 atom stereocenters. The van der Waals surface area contributed by atoms with Gasteiger partial charge in [-0.1, -0.05) is 43.2 Å². The number of benzene rings is 3. The monoisotopic (exact) mass is 951 g/mol. The van der Waals surface area contributed by atoms with E-state index < -0.39 is 31.4 Å². The van der Waals surface area contributed by atoms with Crippen LogP contribution in [-0.4, -0.2) is 99.1 Å². The Bertz CT molecular complexity index is 2830. The lowest BCUT2D eigenvalue weighted by Gasteiger charge is -2.39. The normalized spacial score (nSPS) is 19.1. The van der Waals surface area contributed by atoms with Crippen LogP contribution in [0.25, 0.3) is 16.6 Å². The Morgan fingerprint density at radius 1 is 1.03 bits per heavy atom. The summed E-state index contributed by atoms with van der Waals surface area (Å²) < 4.78 is 47.6. The van der Waals surface area contributed by atoms with Gasteiger partial charge in [-0.05, 0) is 91.5 Å². The Morgan fingerprint density at radius 3 is 2.57 bits per heavy atom. The number of aromatic amines is 1. The molecule has 0 unspecified atom stereocenters. The number of aromatic nitrogens is 2. The third-order valence-electron chi connectivity index (χ3n) is 13.4. The van der Waals surface area contributed by atoms with Crippen molar-refractivity contribution in [2.75, 3.05) is 64.0 Å². The summed E-state index contributed by atoms with van der Waals surface area (Å²) in [7, 11) is -4.68. The fraction of sp³-hybridized carbons (Fsp3) is 0.408. The third-order valence-corrected chi connectivity index (χ3v) is 14.9. The number of hydrogen-bond donors (Lipinski definition) is 3. The molecule has 1 aliphatic carbocycles. The number of carbonyl (C=O) groups is 2. The van der Waals surface area contributed by atoms with Crippen molar-refractivity contribution in [2.24, 2.45) is 17.3 Å². The molecular formula is C49H54ClN7O9S. The number of carbonyl (C=O) groups excluding carboxylic acids is 2. The number of H-pyrrole nitrogens is 1. The first-order valence-electron chi connectivity index (χ1n) is 22.7. The molecule has 352 valence electrons. The average molecular weight is 953 g/mol. The second-order valence-corrected chi connectivity index (χ2v) is 20.8. The van der Waals surface area contributed by atoms with Crippen LogP contribution in [0.4, 0.5) is 11.4 Å². The smallest absolute Gasteiger partial charge is 0.277 e. The van der Waals surface area contributed by atoms with Crippen LogP contribution < -0.4 is 24.4 Å². The van der Waals surface area contributed by atoms with Crippen molar-refractivity contribution in [3.63, 3.8) is 0 Å². The first kappa shape index (κ1) is 46.1. The Balaban J connectivity index is 0.919. The van der Waals surface area contributed by atoms with Crippen molar-refractivity contribution in [2.45, 2.75) is 57.3 Å². The number of sulfonamides is 1. The van der Waals surface area contributed by atoms with E-state index in [1.54, 1.807) is 24.4 Å². The van der Waals surface area contributed by atoms with Crippen molar-refractivity contribution in [3.05, 3.63) is 117 Å². The lowest BCUT2D eigenvalue weighted by atomic mass is 9.72. The molecule has 3 aliphatic heterocycles. The number of anilines is 1. The molecule has 2 aromatic heterocycles. The number of amides is 2. The lowest BCUT2D eigenvalue weighted by Crippen LogP contribution is -2.47. The number of piperazine rings is 1. The summed E-state index contributed by atoms with van der Waals surface area (Å²) in [5.74, 6) is -1.08. The van der Waals surface area contributed by atoms with E-state index >= 15 is 0 Å². The van der Waals surface area contributed by atoms with Crippen LogP contribution in [0.3, 0.4) is 0 Å². The van der Waals surface area contributed by atoms with E-state index in [-0.39, 0.29) is 65.4 Å². The van der Waals surface area contributed by atoms with Crippen LogP contribution in [-0.2, 0) is 26.0 Å². The molecule has 2 saturated heterocycles. The number of nitro groups is 1. The van der Waals surface area contributed by atoms with Crippen molar-refractivity contribution >= 4 is 61.4 Å². The zero-order valence-corrected chi connectivity index (χ0v) is 39.1. The molecule has 5 heterocycles. The largest absolute Gasteiger partial charge is 0.493 e. The predicted octanol–water partition coefficient (Wildman–Crippen LogP) is 7.92. The van der Waals surface area contributed by atoms with Crippen LogP contribution in [0.1, 0.15) is 67.4 Å². The number of allylic oxidation sites excluding steroid dienone is 1. The zero-order valence-electron chi connectivity index (χ0n) is 37.5. The number of nitrogens with zero attached hydrogens (tertiary/aromatic N) is 4. The number of nitrogens with one attached hydrogen (secondary N) is 3. The fourth-order valence-electron chi connectivity index (χ4n) is 9.51. The van der Waals surface area contributed by atoms with Gasteiger partial charge in [0.15, 0.2) is 0 Å². The summed E-state index contributed by atoms with van der Waals surface area (Å²) in [5, 5.41) is 16.8. The maximum atomic E-state index is 14.1. The molecule has 4 aliphatic rings. The van der Waals surface area contributed by atoms with Gasteiger partial charge in [-0.2, -0.15) is 0 Å². The van der Waals surface area contributed by atoms with Gasteiger partial charge in [0, 0.05) is 105 Å².